The predicted octanol–water partition coefficient (Wildman–Crippen LogP) is 5.03. The van der Waals surface area contributed by atoms with Gasteiger partial charge in [-0.05, 0) is 72.6 Å². The van der Waals surface area contributed by atoms with Crippen LogP contribution in [0.5, 0.6) is 5.75 Å². The van der Waals surface area contributed by atoms with Crippen molar-refractivity contribution in [2.45, 2.75) is 69.3 Å². The molecule has 0 N–H and O–H groups in total. The van der Waals surface area contributed by atoms with Gasteiger partial charge in [-0.1, -0.05) is 19.1 Å². The third kappa shape index (κ3) is 5.54. The summed E-state index contributed by atoms with van der Waals surface area (Å²) in [4.78, 5) is 14.9. The standard InChI is InChI=1S/C26H30F3NO5S/c1-4-17-11-19-14-30(15-20(19)12-22(17)18-7-9-34-10-8-18)25(31)23-13-21(36(3,32)33)5-6-24(23)35-16(2)26(27,28)29/h5-6,11-13,16,18H,4,7-10,14-15H2,1-3H3/t16-/m0/s1. The second kappa shape index (κ2) is 10.0. The number of alkyl halides is 3. The second-order valence-corrected chi connectivity index (χ2v) is 11.5. The molecular formula is C26H30F3NO5S. The molecule has 2 aliphatic heterocycles. The van der Waals surface area contributed by atoms with Gasteiger partial charge in [-0.3, -0.25) is 4.79 Å². The molecule has 0 aliphatic carbocycles. The molecule has 1 atom stereocenters. The molecule has 196 valence electrons. The summed E-state index contributed by atoms with van der Waals surface area (Å²) in [6.45, 7) is 4.92. The zero-order valence-corrected chi connectivity index (χ0v) is 21.3. The van der Waals surface area contributed by atoms with Gasteiger partial charge >= 0.3 is 6.18 Å². The Morgan fingerprint density at radius 2 is 1.78 bits per heavy atom. The van der Waals surface area contributed by atoms with Crippen molar-refractivity contribution < 1.29 is 35.9 Å². The minimum absolute atomic E-state index is 0.162. The highest BCUT2D eigenvalue weighted by Crippen LogP contribution is 2.36. The Hall–Kier alpha value is -2.59. The van der Waals surface area contributed by atoms with E-state index in [-0.39, 0.29) is 29.3 Å². The van der Waals surface area contributed by atoms with Crippen molar-refractivity contribution in [2.24, 2.45) is 0 Å². The Balaban J connectivity index is 1.66. The van der Waals surface area contributed by atoms with E-state index in [1.165, 1.54) is 16.0 Å². The van der Waals surface area contributed by atoms with E-state index < -0.39 is 28.0 Å². The molecule has 2 heterocycles. The third-order valence-corrected chi connectivity index (χ3v) is 8.00. The number of carbonyl (C=O) groups is 1. The van der Waals surface area contributed by atoms with Crippen LogP contribution in [-0.2, 0) is 34.1 Å². The van der Waals surface area contributed by atoms with E-state index in [0.29, 0.717) is 19.1 Å². The van der Waals surface area contributed by atoms with Gasteiger partial charge in [0.05, 0.1) is 10.5 Å². The van der Waals surface area contributed by atoms with Gasteiger partial charge in [0, 0.05) is 32.6 Å². The van der Waals surface area contributed by atoms with Gasteiger partial charge in [0.15, 0.2) is 15.9 Å². The Bertz CT molecular complexity index is 1250. The number of amides is 1. The van der Waals surface area contributed by atoms with Gasteiger partial charge in [0.1, 0.15) is 5.75 Å². The lowest BCUT2D eigenvalue weighted by molar-refractivity contribution is -0.189. The van der Waals surface area contributed by atoms with E-state index in [1.807, 2.05) is 0 Å². The lowest BCUT2D eigenvalue weighted by atomic mass is 9.85. The highest BCUT2D eigenvalue weighted by molar-refractivity contribution is 7.90. The van der Waals surface area contributed by atoms with Crippen LogP contribution in [0.15, 0.2) is 35.2 Å². The number of carbonyl (C=O) groups excluding carboxylic acids is 1. The molecule has 1 saturated heterocycles. The fourth-order valence-electron chi connectivity index (χ4n) is 4.80. The first-order valence-electron chi connectivity index (χ1n) is 12.0. The largest absolute Gasteiger partial charge is 0.480 e. The fourth-order valence-corrected chi connectivity index (χ4v) is 5.44. The van der Waals surface area contributed by atoms with E-state index in [2.05, 4.69) is 19.1 Å². The zero-order valence-electron chi connectivity index (χ0n) is 20.5. The van der Waals surface area contributed by atoms with Crippen molar-refractivity contribution in [3.8, 4) is 5.75 Å². The molecule has 2 aromatic rings. The molecule has 0 saturated carbocycles. The normalized spacial score (nSPS) is 17.7. The quantitative estimate of drug-likeness (QED) is 0.529. The maximum absolute atomic E-state index is 13.5. The summed E-state index contributed by atoms with van der Waals surface area (Å²) in [5.74, 6) is -0.490. The van der Waals surface area contributed by atoms with Crippen LogP contribution in [0.3, 0.4) is 0 Å². The van der Waals surface area contributed by atoms with Crippen LogP contribution in [-0.4, -0.2) is 51.0 Å². The SMILES string of the molecule is CCc1cc2c(cc1C1CCOCC1)CN(C(=O)c1cc(S(C)(=O)=O)ccc1O[C@@H](C)C(F)(F)F)C2. The number of aryl methyl sites for hydroxylation is 1. The summed E-state index contributed by atoms with van der Waals surface area (Å²) >= 11 is 0. The Morgan fingerprint density at radius 3 is 2.36 bits per heavy atom. The first-order valence-corrected chi connectivity index (χ1v) is 13.9. The van der Waals surface area contributed by atoms with E-state index in [4.69, 9.17) is 9.47 Å². The number of hydrogen-bond donors (Lipinski definition) is 0. The van der Waals surface area contributed by atoms with Crippen molar-refractivity contribution >= 4 is 15.7 Å². The van der Waals surface area contributed by atoms with Crippen LogP contribution in [0.4, 0.5) is 13.2 Å². The van der Waals surface area contributed by atoms with E-state index in [9.17, 15) is 26.4 Å². The van der Waals surface area contributed by atoms with E-state index in [0.717, 1.165) is 61.8 Å². The monoisotopic (exact) mass is 525 g/mol. The number of nitrogens with zero attached hydrogens (tertiary/aromatic N) is 1. The summed E-state index contributed by atoms with van der Waals surface area (Å²) in [5.41, 5.74) is 4.25. The summed E-state index contributed by atoms with van der Waals surface area (Å²) in [7, 11) is -3.70. The lowest BCUT2D eigenvalue weighted by Gasteiger charge is -2.25. The van der Waals surface area contributed by atoms with Crippen molar-refractivity contribution in [3.05, 3.63) is 58.1 Å². The zero-order chi connectivity index (χ0) is 26.3. The number of hydrogen-bond acceptors (Lipinski definition) is 5. The van der Waals surface area contributed by atoms with Crippen LogP contribution in [0.1, 0.15) is 65.2 Å². The molecule has 0 unspecified atom stereocenters. The van der Waals surface area contributed by atoms with Gasteiger partial charge in [0.2, 0.25) is 0 Å². The van der Waals surface area contributed by atoms with E-state index >= 15 is 0 Å². The summed E-state index contributed by atoms with van der Waals surface area (Å²) in [6, 6.07) is 7.63. The molecule has 36 heavy (non-hydrogen) atoms. The van der Waals surface area contributed by atoms with Gasteiger partial charge in [-0.2, -0.15) is 13.2 Å². The van der Waals surface area contributed by atoms with Crippen LogP contribution in [0.2, 0.25) is 0 Å². The maximum atomic E-state index is 13.5. The summed E-state index contributed by atoms with van der Waals surface area (Å²) in [5, 5.41) is 0. The number of rotatable bonds is 6. The Kier molecular flexibility index (Phi) is 7.39. The lowest BCUT2D eigenvalue weighted by Crippen LogP contribution is -2.32. The molecular weight excluding hydrogens is 495 g/mol. The number of halogens is 3. The predicted molar refractivity (Wildman–Crippen MR) is 128 cm³/mol. The van der Waals surface area contributed by atoms with Gasteiger partial charge in [-0.15, -0.1) is 0 Å². The minimum atomic E-state index is -4.64. The van der Waals surface area contributed by atoms with Gasteiger partial charge in [-0.25, -0.2) is 8.42 Å². The number of fused-ring (bicyclic) bond motifs is 1. The first-order chi connectivity index (χ1) is 16.9. The molecule has 10 heteroatoms. The van der Waals surface area contributed by atoms with Crippen LogP contribution in [0.25, 0.3) is 0 Å². The second-order valence-electron chi connectivity index (χ2n) is 9.45. The highest BCUT2D eigenvalue weighted by Gasteiger charge is 2.39. The maximum Gasteiger partial charge on any atom is 0.425 e. The molecule has 1 fully saturated rings. The van der Waals surface area contributed by atoms with Crippen molar-refractivity contribution in [3.63, 3.8) is 0 Å². The summed E-state index contributed by atoms with van der Waals surface area (Å²) in [6.07, 6.45) is -3.12. The van der Waals surface area contributed by atoms with E-state index in [1.54, 1.807) is 0 Å². The Labute approximate surface area is 209 Å². The smallest absolute Gasteiger partial charge is 0.425 e. The fraction of sp³-hybridized carbons (Fsp3) is 0.500. The van der Waals surface area contributed by atoms with Gasteiger partial charge in [0.25, 0.3) is 5.91 Å². The van der Waals surface area contributed by atoms with Crippen molar-refractivity contribution in [1.29, 1.82) is 0 Å². The molecule has 2 aliphatic rings. The third-order valence-electron chi connectivity index (χ3n) is 6.89. The molecule has 0 spiro atoms. The molecule has 0 aromatic heterocycles. The van der Waals surface area contributed by atoms with Crippen LogP contribution in [0, 0.1) is 0 Å². The van der Waals surface area contributed by atoms with Crippen molar-refractivity contribution in [2.75, 3.05) is 19.5 Å². The average Bonchev–Trinajstić information content (AvgIpc) is 3.25. The molecule has 0 radical (unpaired) electrons. The van der Waals surface area contributed by atoms with Crippen LogP contribution >= 0.6 is 0 Å². The number of ether oxygens (including phenoxy) is 2. The molecule has 1 amide bonds. The molecule has 6 nitrogen and oxygen atoms in total. The molecule has 0 bridgehead atoms. The Morgan fingerprint density at radius 1 is 1.14 bits per heavy atom. The average molecular weight is 526 g/mol. The summed E-state index contributed by atoms with van der Waals surface area (Å²) < 4.78 is 74.3. The van der Waals surface area contributed by atoms with Crippen molar-refractivity contribution in [1.82, 2.24) is 4.90 Å². The highest BCUT2D eigenvalue weighted by atomic mass is 32.2. The number of benzene rings is 2. The first kappa shape index (κ1) is 26.5. The molecule has 2 aromatic carbocycles. The van der Waals surface area contributed by atoms with Gasteiger partial charge < -0.3 is 14.4 Å². The van der Waals surface area contributed by atoms with Crippen LogP contribution < -0.4 is 4.74 Å². The number of sulfone groups is 1. The minimum Gasteiger partial charge on any atom is -0.480 e. The molecule has 4 rings (SSSR count). The topological polar surface area (TPSA) is 72.9 Å².